The third kappa shape index (κ3) is 5.80. The number of pyridine rings is 1. The molecule has 0 radical (unpaired) electrons. The average Bonchev–Trinajstić information content (AvgIpc) is 3.18. The predicted octanol–water partition coefficient (Wildman–Crippen LogP) is 2.78. The van der Waals surface area contributed by atoms with E-state index in [4.69, 9.17) is 4.74 Å². The van der Waals surface area contributed by atoms with Crippen molar-refractivity contribution in [1.29, 1.82) is 0 Å². The number of anilines is 2. The first-order valence-corrected chi connectivity index (χ1v) is 9.88. The second-order valence-corrected chi connectivity index (χ2v) is 6.84. The number of aryl methyl sites for hydroxylation is 1. The number of ether oxygens (including phenoxy) is 1. The lowest BCUT2D eigenvalue weighted by Crippen LogP contribution is -2.29. The van der Waals surface area contributed by atoms with E-state index in [0.717, 1.165) is 30.9 Å². The van der Waals surface area contributed by atoms with Gasteiger partial charge in [-0.1, -0.05) is 0 Å². The van der Waals surface area contributed by atoms with Gasteiger partial charge >= 0.3 is 0 Å². The van der Waals surface area contributed by atoms with Crippen LogP contribution in [0.25, 0.3) is 0 Å². The van der Waals surface area contributed by atoms with E-state index >= 15 is 0 Å². The molecule has 1 aliphatic rings. The fourth-order valence-electron chi connectivity index (χ4n) is 3.13. The van der Waals surface area contributed by atoms with Crippen LogP contribution in [0.1, 0.15) is 48.7 Å². The predicted molar refractivity (Wildman–Crippen MR) is 109 cm³/mol. The van der Waals surface area contributed by atoms with E-state index in [1.165, 1.54) is 12.8 Å². The Labute approximate surface area is 165 Å². The van der Waals surface area contributed by atoms with Gasteiger partial charge in [-0.15, -0.1) is 0 Å². The lowest BCUT2D eigenvalue weighted by atomic mass is 10.2. The topological polar surface area (TPSA) is 101 Å². The Morgan fingerprint density at radius 3 is 2.71 bits per heavy atom. The zero-order chi connectivity index (χ0) is 19.8. The zero-order valence-corrected chi connectivity index (χ0v) is 16.5. The first-order chi connectivity index (χ1) is 13.6. The van der Waals surface area contributed by atoms with Crippen molar-refractivity contribution in [3.05, 3.63) is 35.7 Å². The van der Waals surface area contributed by atoms with E-state index in [1.807, 2.05) is 19.9 Å². The smallest absolute Gasteiger partial charge is 0.252 e. The summed E-state index contributed by atoms with van der Waals surface area (Å²) in [7, 11) is 0. The number of carbonyl (C=O) groups is 1. The van der Waals surface area contributed by atoms with Crippen molar-refractivity contribution in [1.82, 2.24) is 20.3 Å². The van der Waals surface area contributed by atoms with Gasteiger partial charge in [0.1, 0.15) is 11.9 Å². The molecular formula is C20H28N6O2. The molecule has 8 heteroatoms. The van der Waals surface area contributed by atoms with Gasteiger partial charge in [0.25, 0.3) is 5.91 Å². The maximum Gasteiger partial charge on any atom is 0.252 e. The molecule has 0 spiro atoms. The van der Waals surface area contributed by atoms with Gasteiger partial charge in [-0.3, -0.25) is 4.79 Å². The van der Waals surface area contributed by atoms with Crippen LogP contribution in [0.2, 0.25) is 0 Å². The summed E-state index contributed by atoms with van der Waals surface area (Å²) in [5, 5.41) is 9.16. The number of hydrogen-bond acceptors (Lipinski definition) is 7. The van der Waals surface area contributed by atoms with Crippen LogP contribution in [0.15, 0.2) is 24.4 Å². The SMILES string of the molecule is CCNc1cc(C)nc(NCCNC(=O)c2ccc(OC3CCCC3)nc2)n1. The Morgan fingerprint density at radius 2 is 2.00 bits per heavy atom. The molecule has 2 aromatic heterocycles. The van der Waals surface area contributed by atoms with Crippen LogP contribution < -0.4 is 20.7 Å². The molecule has 1 amide bonds. The van der Waals surface area contributed by atoms with Crippen LogP contribution in [0.5, 0.6) is 5.88 Å². The normalized spacial score (nSPS) is 13.9. The average molecular weight is 384 g/mol. The summed E-state index contributed by atoms with van der Waals surface area (Å²) in [6.07, 6.45) is 6.40. The minimum absolute atomic E-state index is 0.166. The van der Waals surface area contributed by atoms with Gasteiger partial charge in [0, 0.05) is 43.7 Å². The quantitative estimate of drug-likeness (QED) is 0.572. The largest absolute Gasteiger partial charge is 0.474 e. The highest BCUT2D eigenvalue weighted by Crippen LogP contribution is 2.22. The van der Waals surface area contributed by atoms with E-state index in [1.54, 1.807) is 18.3 Å². The Balaban J connectivity index is 1.42. The van der Waals surface area contributed by atoms with Gasteiger partial charge in [0.2, 0.25) is 11.8 Å². The Kier molecular flexibility index (Phi) is 7.00. The molecule has 1 aliphatic carbocycles. The van der Waals surface area contributed by atoms with Crippen molar-refractivity contribution < 1.29 is 9.53 Å². The van der Waals surface area contributed by atoms with E-state index < -0.39 is 0 Å². The van der Waals surface area contributed by atoms with Crippen LogP contribution in [0.4, 0.5) is 11.8 Å². The summed E-state index contributed by atoms with van der Waals surface area (Å²) in [4.78, 5) is 25.2. The highest BCUT2D eigenvalue weighted by Gasteiger charge is 2.17. The molecule has 0 unspecified atom stereocenters. The Hall–Kier alpha value is -2.90. The first-order valence-electron chi connectivity index (χ1n) is 9.88. The van der Waals surface area contributed by atoms with Crippen LogP contribution in [0, 0.1) is 6.92 Å². The van der Waals surface area contributed by atoms with E-state index in [-0.39, 0.29) is 12.0 Å². The van der Waals surface area contributed by atoms with Gasteiger partial charge in [-0.25, -0.2) is 9.97 Å². The fourth-order valence-corrected chi connectivity index (χ4v) is 3.13. The molecule has 150 valence electrons. The molecule has 8 nitrogen and oxygen atoms in total. The van der Waals surface area contributed by atoms with Crippen LogP contribution in [-0.2, 0) is 0 Å². The number of carbonyl (C=O) groups excluding carboxylic acids is 1. The molecule has 28 heavy (non-hydrogen) atoms. The number of nitrogens with zero attached hydrogens (tertiary/aromatic N) is 3. The van der Waals surface area contributed by atoms with Gasteiger partial charge in [-0.2, -0.15) is 4.98 Å². The van der Waals surface area contributed by atoms with E-state index in [0.29, 0.717) is 30.5 Å². The second kappa shape index (κ2) is 9.87. The van der Waals surface area contributed by atoms with Gasteiger partial charge in [-0.05, 0) is 45.6 Å². The summed E-state index contributed by atoms with van der Waals surface area (Å²) >= 11 is 0. The van der Waals surface area contributed by atoms with Crippen molar-refractivity contribution in [3.63, 3.8) is 0 Å². The highest BCUT2D eigenvalue weighted by atomic mass is 16.5. The number of nitrogens with one attached hydrogen (secondary N) is 3. The summed E-state index contributed by atoms with van der Waals surface area (Å²) in [6, 6.07) is 5.39. The second-order valence-electron chi connectivity index (χ2n) is 6.84. The number of rotatable bonds is 9. The van der Waals surface area contributed by atoms with Gasteiger partial charge < -0.3 is 20.7 Å². The molecule has 1 saturated carbocycles. The number of amides is 1. The highest BCUT2D eigenvalue weighted by molar-refractivity contribution is 5.93. The van der Waals surface area contributed by atoms with Gasteiger partial charge in [0.05, 0.1) is 5.56 Å². The lowest BCUT2D eigenvalue weighted by Gasteiger charge is -2.12. The lowest BCUT2D eigenvalue weighted by molar-refractivity contribution is 0.0954. The van der Waals surface area contributed by atoms with Crippen molar-refractivity contribution in [2.24, 2.45) is 0 Å². The maximum atomic E-state index is 12.2. The summed E-state index contributed by atoms with van der Waals surface area (Å²) in [5.74, 6) is 1.74. The fraction of sp³-hybridized carbons (Fsp3) is 0.500. The summed E-state index contributed by atoms with van der Waals surface area (Å²) < 4.78 is 5.82. The van der Waals surface area contributed by atoms with E-state index in [2.05, 4.69) is 30.9 Å². The molecule has 0 saturated heterocycles. The maximum absolute atomic E-state index is 12.2. The molecule has 2 aromatic rings. The third-order valence-corrected chi connectivity index (χ3v) is 4.49. The number of hydrogen-bond donors (Lipinski definition) is 3. The van der Waals surface area contributed by atoms with Crippen molar-refractivity contribution in [2.75, 3.05) is 30.3 Å². The molecule has 0 bridgehead atoms. The Bertz CT molecular complexity index is 775. The molecular weight excluding hydrogens is 356 g/mol. The minimum Gasteiger partial charge on any atom is -0.474 e. The van der Waals surface area contributed by atoms with Crippen LogP contribution >= 0.6 is 0 Å². The molecule has 0 aliphatic heterocycles. The standard InChI is InChI=1S/C20H28N6O2/c1-3-21-17-12-14(2)25-20(26-17)23-11-10-22-19(27)15-8-9-18(24-13-15)28-16-6-4-5-7-16/h8-9,12-13,16H,3-7,10-11H2,1-2H3,(H,22,27)(H2,21,23,25,26). The molecule has 0 aromatic carbocycles. The summed E-state index contributed by atoms with van der Waals surface area (Å²) in [6.45, 7) is 5.71. The van der Waals surface area contributed by atoms with Crippen LogP contribution in [-0.4, -0.2) is 46.6 Å². The first kappa shape index (κ1) is 19.9. The number of aromatic nitrogens is 3. The van der Waals surface area contributed by atoms with Crippen molar-refractivity contribution in [2.45, 2.75) is 45.6 Å². The molecule has 0 atom stereocenters. The minimum atomic E-state index is -0.166. The molecule has 2 heterocycles. The monoisotopic (exact) mass is 384 g/mol. The summed E-state index contributed by atoms with van der Waals surface area (Å²) in [5.41, 5.74) is 1.39. The van der Waals surface area contributed by atoms with Gasteiger partial charge in [0.15, 0.2) is 0 Å². The molecule has 1 fully saturated rings. The third-order valence-electron chi connectivity index (χ3n) is 4.49. The van der Waals surface area contributed by atoms with Crippen molar-refractivity contribution >= 4 is 17.7 Å². The van der Waals surface area contributed by atoms with E-state index in [9.17, 15) is 4.79 Å². The molecule has 3 N–H and O–H groups in total. The zero-order valence-electron chi connectivity index (χ0n) is 16.5. The Morgan fingerprint density at radius 1 is 1.18 bits per heavy atom. The van der Waals surface area contributed by atoms with Crippen LogP contribution in [0.3, 0.4) is 0 Å². The van der Waals surface area contributed by atoms with Crippen molar-refractivity contribution in [3.8, 4) is 5.88 Å². The molecule has 3 rings (SSSR count).